The van der Waals surface area contributed by atoms with Gasteiger partial charge in [-0.15, -0.1) is 0 Å². The number of aromatic nitrogens is 2. The number of benzene rings is 2. The maximum atomic E-state index is 12.9. The highest BCUT2D eigenvalue weighted by molar-refractivity contribution is 5.89. The molecule has 32 heavy (non-hydrogen) atoms. The molecule has 1 aromatic heterocycles. The van der Waals surface area contributed by atoms with Crippen molar-refractivity contribution in [3.8, 4) is 0 Å². The van der Waals surface area contributed by atoms with Crippen LogP contribution in [0.3, 0.4) is 0 Å². The first-order chi connectivity index (χ1) is 15.7. The third-order valence-corrected chi connectivity index (χ3v) is 6.04. The Morgan fingerprint density at radius 1 is 1.03 bits per heavy atom. The van der Waals surface area contributed by atoms with Crippen molar-refractivity contribution in [2.45, 2.75) is 26.0 Å². The van der Waals surface area contributed by atoms with Gasteiger partial charge in [0.2, 0.25) is 5.62 Å². The van der Waals surface area contributed by atoms with Gasteiger partial charge in [0.15, 0.2) is 0 Å². The van der Waals surface area contributed by atoms with Crippen LogP contribution >= 0.6 is 0 Å². The Balaban J connectivity index is 1.24. The van der Waals surface area contributed by atoms with E-state index in [1.165, 1.54) is 0 Å². The topological polar surface area (TPSA) is 88.8 Å². The van der Waals surface area contributed by atoms with Gasteiger partial charge in [0.05, 0.1) is 5.52 Å². The van der Waals surface area contributed by atoms with E-state index in [1.807, 2.05) is 59.2 Å². The van der Waals surface area contributed by atoms with E-state index in [9.17, 15) is 9.59 Å². The van der Waals surface area contributed by atoms with Crippen LogP contribution in [0.4, 0.5) is 10.6 Å². The Kier molecular flexibility index (Phi) is 5.58. The first kappa shape index (κ1) is 20.2. The Morgan fingerprint density at radius 2 is 1.78 bits per heavy atom. The summed E-state index contributed by atoms with van der Waals surface area (Å²) in [4.78, 5) is 36.0. The minimum atomic E-state index is -0.340. The van der Waals surface area contributed by atoms with Gasteiger partial charge in [0.1, 0.15) is 12.4 Å². The lowest BCUT2D eigenvalue weighted by molar-refractivity contribution is -0.123. The van der Waals surface area contributed by atoms with E-state index in [2.05, 4.69) is 15.3 Å². The summed E-state index contributed by atoms with van der Waals surface area (Å²) in [6.07, 6.45) is 0.801. The number of para-hydroxylation sites is 1. The van der Waals surface area contributed by atoms with E-state index in [0.29, 0.717) is 31.5 Å². The molecule has 2 aromatic carbocycles. The van der Waals surface area contributed by atoms with Crippen LogP contribution in [-0.4, -0.2) is 46.1 Å². The van der Waals surface area contributed by atoms with Crippen molar-refractivity contribution in [1.29, 1.82) is 0 Å². The van der Waals surface area contributed by atoms with Crippen LogP contribution in [0.1, 0.15) is 18.4 Å². The fourth-order valence-corrected chi connectivity index (χ4v) is 4.27. The molecule has 164 valence electrons. The van der Waals surface area contributed by atoms with Gasteiger partial charge < -0.3 is 15.0 Å². The molecule has 1 saturated heterocycles. The average molecular weight is 431 g/mol. The molecule has 8 nitrogen and oxygen atoms in total. The molecule has 2 aliphatic rings. The summed E-state index contributed by atoms with van der Waals surface area (Å²) in [6.45, 7) is 2.73. The fraction of sp³-hybridized carbons (Fsp3) is 0.333. The van der Waals surface area contributed by atoms with Crippen LogP contribution in [0.25, 0.3) is 10.9 Å². The summed E-state index contributed by atoms with van der Waals surface area (Å²) >= 11 is 0. The summed E-state index contributed by atoms with van der Waals surface area (Å²) in [7, 11) is 0. The average Bonchev–Trinajstić information content (AvgIpc) is 3.34. The monoisotopic (exact) mass is 431 g/mol. The zero-order valence-corrected chi connectivity index (χ0v) is 17.7. The van der Waals surface area contributed by atoms with Crippen molar-refractivity contribution in [2.75, 3.05) is 25.0 Å². The number of amides is 2. The van der Waals surface area contributed by atoms with Gasteiger partial charge in [-0.25, -0.2) is 9.78 Å². The summed E-state index contributed by atoms with van der Waals surface area (Å²) in [5, 5.41) is 4.40. The van der Waals surface area contributed by atoms with Gasteiger partial charge in [-0.05, 0) is 30.5 Å². The first-order valence-corrected chi connectivity index (χ1v) is 11.0. The number of hydrogen-bond donors (Lipinski definition) is 1. The fourth-order valence-electron chi connectivity index (χ4n) is 4.27. The predicted molar refractivity (Wildman–Crippen MR) is 120 cm³/mol. The lowest BCUT2D eigenvalue weighted by Gasteiger charge is -2.29. The second-order valence-corrected chi connectivity index (χ2v) is 8.11. The van der Waals surface area contributed by atoms with Gasteiger partial charge in [0.25, 0.3) is 5.91 Å². The largest absolute Gasteiger partial charge is 0.445 e. The van der Waals surface area contributed by atoms with E-state index >= 15 is 0 Å². The lowest BCUT2D eigenvalue weighted by atomic mass is 9.96. The number of rotatable bonds is 3. The number of nitrogens with zero attached hydrogens (tertiary/aromatic N) is 4. The summed E-state index contributed by atoms with van der Waals surface area (Å²) in [6, 6.07) is 17.5. The minimum absolute atomic E-state index is 0.174. The van der Waals surface area contributed by atoms with Crippen LogP contribution < -0.4 is 10.9 Å². The molecule has 2 aliphatic heterocycles. The normalized spacial score (nSPS) is 16.6. The molecule has 0 spiro atoms. The maximum absolute atomic E-state index is 12.9. The number of piperidine rings is 1. The van der Waals surface area contributed by atoms with Crippen LogP contribution in [0.5, 0.6) is 0 Å². The summed E-state index contributed by atoms with van der Waals surface area (Å²) in [5.41, 5.74) is 2.21. The smallest absolute Gasteiger partial charge is 0.410 e. The number of carbonyl (C=O) groups excluding carboxylic acids is 2. The third-order valence-electron chi connectivity index (χ3n) is 6.04. The number of fused-ring (bicyclic) bond motifs is 3. The molecular formula is C24H25N5O3. The second kappa shape index (κ2) is 8.82. The molecular weight excluding hydrogens is 406 g/mol. The highest BCUT2D eigenvalue weighted by Crippen LogP contribution is 2.23. The molecule has 8 heteroatoms. The molecule has 3 aromatic rings. The third kappa shape index (κ3) is 4.08. The van der Waals surface area contributed by atoms with Gasteiger partial charge in [0, 0.05) is 37.5 Å². The molecule has 1 fully saturated rings. The van der Waals surface area contributed by atoms with Crippen molar-refractivity contribution in [2.24, 2.45) is 10.9 Å². The molecule has 0 saturated carbocycles. The number of ether oxygens (including phenoxy) is 1. The number of nitrogens with one attached hydrogen (secondary N) is 1. The zero-order chi connectivity index (χ0) is 21.9. The van der Waals surface area contributed by atoms with Crippen LogP contribution in [0.15, 0.2) is 59.6 Å². The molecule has 0 aliphatic carbocycles. The van der Waals surface area contributed by atoms with E-state index in [1.54, 1.807) is 4.90 Å². The molecule has 2 amide bonds. The first-order valence-electron chi connectivity index (χ1n) is 11.0. The van der Waals surface area contributed by atoms with Gasteiger partial charge >= 0.3 is 6.09 Å². The summed E-state index contributed by atoms with van der Waals surface area (Å²) in [5.74, 6) is 0.567. The van der Waals surface area contributed by atoms with Crippen molar-refractivity contribution < 1.29 is 14.3 Å². The number of carbonyl (C=O) groups is 2. The SMILES string of the molecule is O=C(N=c1nc2ccccc2c2n1CCN2)C1CCN(C(=O)OCc2ccccc2)CC1. The van der Waals surface area contributed by atoms with Gasteiger partial charge in [-0.3, -0.25) is 9.36 Å². The van der Waals surface area contributed by atoms with E-state index < -0.39 is 0 Å². The molecule has 0 bridgehead atoms. The van der Waals surface area contributed by atoms with E-state index in [4.69, 9.17) is 4.74 Å². The highest BCUT2D eigenvalue weighted by Gasteiger charge is 2.28. The lowest BCUT2D eigenvalue weighted by Crippen LogP contribution is -2.40. The quantitative estimate of drug-likeness (QED) is 0.689. The van der Waals surface area contributed by atoms with Crippen molar-refractivity contribution in [3.63, 3.8) is 0 Å². The summed E-state index contributed by atoms with van der Waals surface area (Å²) < 4.78 is 7.38. The van der Waals surface area contributed by atoms with Crippen molar-refractivity contribution >= 4 is 28.7 Å². The molecule has 5 rings (SSSR count). The number of anilines is 1. The van der Waals surface area contributed by atoms with Crippen molar-refractivity contribution in [1.82, 2.24) is 14.5 Å². The standard InChI is InChI=1S/C24H25N5O3/c30-22(27-23-26-20-9-5-4-8-19(20)21-25-12-15-29(21)23)18-10-13-28(14-11-18)24(31)32-16-17-6-2-1-3-7-17/h1-9,18,25H,10-16H2. The molecule has 3 heterocycles. The predicted octanol–water partition coefficient (Wildman–Crippen LogP) is 2.94. The Hall–Kier alpha value is -3.68. The maximum Gasteiger partial charge on any atom is 0.410 e. The molecule has 0 atom stereocenters. The van der Waals surface area contributed by atoms with Gasteiger partial charge in [-0.2, -0.15) is 4.99 Å². The van der Waals surface area contributed by atoms with Gasteiger partial charge in [-0.1, -0.05) is 42.5 Å². The Labute approximate surface area is 185 Å². The molecule has 0 unspecified atom stereocenters. The Bertz CT molecular complexity index is 1210. The van der Waals surface area contributed by atoms with E-state index in [0.717, 1.165) is 35.4 Å². The van der Waals surface area contributed by atoms with Crippen LogP contribution in [0.2, 0.25) is 0 Å². The Morgan fingerprint density at radius 3 is 2.59 bits per heavy atom. The van der Waals surface area contributed by atoms with Crippen molar-refractivity contribution in [3.05, 3.63) is 65.8 Å². The highest BCUT2D eigenvalue weighted by atomic mass is 16.6. The minimum Gasteiger partial charge on any atom is -0.445 e. The second-order valence-electron chi connectivity index (χ2n) is 8.11. The molecule has 0 radical (unpaired) electrons. The number of hydrogen-bond acceptors (Lipinski definition) is 5. The zero-order valence-electron chi connectivity index (χ0n) is 17.7. The van der Waals surface area contributed by atoms with Crippen LogP contribution in [0, 0.1) is 5.92 Å². The molecule has 1 N–H and O–H groups in total. The van der Waals surface area contributed by atoms with Crippen LogP contribution in [-0.2, 0) is 22.7 Å². The van der Waals surface area contributed by atoms with E-state index in [-0.39, 0.29) is 24.5 Å². The number of likely N-dealkylation sites (tertiary alicyclic amines) is 1.